The molecule has 5 nitrogen and oxygen atoms in total. The second kappa shape index (κ2) is 12.0. The third-order valence-electron chi connectivity index (χ3n) is 2.81. The van der Waals surface area contributed by atoms with Gasteiger partial charge >= 0.3 is 0 Å². The maximum atomic E-state index is 4.45. The largest absolute Gasteiger partial charge is 0.356 e. The average Bonchev–Trinajstić information content (AvgIpc) is 3.17. The third kappa shape index (κ3) is 8.32. The van der Waals surface area contributed by atoms with E-state index in [4.69, 9.17) is 0 Å². The summed E-state index contributed by atoms with van der Waals surface area (Å²) in [6, 6.07) is 0. The highest BCUT2D eigenvalue weighted by atomic mass is 127. The molecule has 0 unspecified atom stereocenters. The van der Waals surface area contributed by atoms with E-state index in [9.17, 15) is 0 Å². The van der Waals surface area contributed by atoms with Crippen LogP contribution in [0.5, 0.6) is 0 Å². The summed E-state index contributed by atoms with van der Waals surface area (Å²) >= 11 is 5.19. The first-order valence-electron chi connectivity index (χ1n) is 7.15. The second-order valence-electron chi connectivity index (χ2n) is 4.53. The Balaban J connectivity index is 0.00000264. The zero-order chi connectivity index (χ0) is 15.6. The highest BCUT2D eigenvalue weighted by molar-refractivity contribution is 14.0. The highest BCUT2D eigenvalue weighted by Crippen LogP contribution is 2.20. The van der Waals surface area contributed by atoms with Gasteiger partial charge in [0.05, 0.1) is 10.7 Å². The summed E-state index contributed by atoms with van der Waals surface area (Å²) in [6.07, 6.45) is 3.85. The van der Waals surface area contributed by atoms with E-state index in [1.807, 2.05) is 18.5 Å². The van der Waals surface area contributed by atoms with Gasteiger partial charge in [-0.25, -0.2) is 9.97 Å². The van der Waals surface area contributed by atoms with E-state index >= 15 is 0 Å². The topological polar surface area (TPSA) is 62.2 Å². The molecule has 0 spiro atoms. The van der Waals surface area contributed by atoms with Crippen LogP contribution in [0.1, 0.15) is 17.1 Å². The van der Waals surface area contributed by atoms with E-state index in [2.05, 4.69) is 31.0 Å². The molecule has 0 aliphatic heterocycles. The van der Waals surface area contributed by atoms with Crippen molar-refractivity contribution in [3.05, 3.63) is 27.7 Å². The smallest absolute Gasteiger partial charge is 0.190 e. The number of nitrogens with zero attached hydrogens (tertiary/aromatic N) is 3. The maximum absolute atomic E-state index is 4.45. The summed E-state index contributed by atoms with van der Waals surface area (Å²) in [5, 5.41) is 11.9. The Kier molecular flexibility index (Phi) is 10.8. The van der Waals surface area contributed by atoms with Gasteiger partial charge < -0.3 is 10.6 Å². The SMILES string of the molecule is CN=C(NCCCSc1nccs1)NCCc1csc(C)n1.I. The fraction of sp³-hybridized carbons (Fsp3) is 0.500. The van der Waals surface area contributed by atoms with Gasteiger partial charge in [0.2, 0.25) is 0 Å². The summed E-state index contributed by atoms with van der Waals surface area (Å²) in [5.74, 6) is 1.92. The molecule has 0 aliphatic carbocycles. The molecule has 0 radical (unpaired) electrons. The minimum absolute atomic E-state index is 0. The fourth-order valence-corrected chi connectivity index (χ4v) is 4.07. The van der Waals surface area contributed by atoms with Gasteiger partial charge in [0, 0.05) is 49.3 Å². The van der Waals surface area contributed by atoms with Crippen molar-refractivity contribution < 1.29 is 0 Å². The lowest BCUT2D eigenvalue weighted by molar-refractivity contribution is 0.771. The van der Waals surface area contributed by atoms with E-state index in [1.54, 1.807) is 41.5 Å². The van der Waals surface area contributed by atoms with Crippen LogP contribution in [-0.2, 0) is 6.42 Å². The Morgan fingerprint density at radius 3 is 2.78 bits per heavy atom. The zero-order valence-corrected chi connectivity index (χ0v) is 18.0. The maximum Gasteiger partial charge on any atom is 0.190 e. The predicted molar refractivity (Wildman–Crippen MR) is 113 cm³/mol. The van der Waals surface area contributed by atoms with Crippen molar-refractivity contribution in [2.45, 2.75) is 24.1 Å². The van der Waals surface area contributed by atoms with E-state index in [1.165, 1.54) is 0 Å². The van der Waals surface area contributed by atoms with Crippen molar-refractivity contribution in [1.29, 1.82) is 0 Å². The minimum Gasteiger partial charge on any atom is -0.356 e. The molecule has 0 atom stereocenters. The van der Waals surface area contributed by atoms with Crippen LogP contribution in [0, 0.1) is 6.92 Å². The number of aryl methyl sites for hydroxylation is 1. The summed E-state index contributed by atoms with van der Waals surface area (Å²) in [7, 11) is 1.80. The minimum atomic E-state index is 0. The van der Waals surface area contributed by atoms with E-state index in [0.717, 1.165) is 52.7 Å². The number of thioether (sulfide) groups is 1. The first-order chi connectivity index (χ1) is 10.8. The number of hydrogen-bond acceptors (Lipinski definition) is 6. The van der Waals surface area contributed by atoms with Crippen molar-refractivity contribution in [3.8, 4) is 0 Å². The first kappa shape index (κ1) is 20.7. The molecule has 23 heavy (non-hydrogen) atoms. The Morgan fingerprint density at radius 1 is 1.30 bits per heavy atom. The molecule has 2 rings (SSSR count). The fourth-order valence-electron chi connectivity index (χ4n) is 1.77. The Labute approximate surface area is 166 Å². The van der Waals surface area contributed by atoms with Gasteiger partial charge in [0.1, 0.15) is 4.34 Å². The Bertz CT molecular complexity index is 571. The zero-order valence-electron chi connectivity index (χ0n) is 13.2. The number of rotatable bonds is 8. The van der Waals surface area contributed by atoms with Crippen LogP contribution < -0.4 is 10.6 Å². The molecule has 0 fully saturated rings. The number of guanidine groups is 1. The molecular formula is C14H22IN5S3. The quantitative estimate of drug-likeness (QED) is 0.198. The average molecular weight is 483 g/mol. The van der Waals surface area contributed by atoms with Crippen LogP contribution in [0.25, 0.3) is 0 Å². The second-order valence-corrected chi connectivity index (χ2v) is 7.83. The van der Waals surface area contributed by atoms with Crippen molar-refractivity contribution >= 4 is 64.4 Å². The molecule has 128 valence electrons. The molecule has 0 bridgehead atoms. The van der Waals surface area contributed by atoms with E-state index in [0.29, 0.717) is 0 Å². The van der Waals surface area contributed by atoms with Crippen LogP contribution in [0.15, 0.2) is 26.3 Å². The van der Waals surface area contributed by atoms with E-state index < -0.39 is 0 Å². The highest BCUT2D eigenvalue weighted by Gasteiger charge is 2.01. The van der Waals surface area contributed by atoms with Gasteiger partial charge in [-0.3, -0.25) is 4.99 Å². The van der Waals surface area contributed by atoms with Crippen LogP contribution in [0.3, 0.4) is 0 Å². The normalized spacial score (nSPS) is 11.1. The lowest BCUT2D eigenvalue weighted by Gasteiger charge is -2.11. The Morgan fingerprint density at radius 2 is 2.13 bits per heavy atom. The number of thiazole rings is 2. The number of aliphatic imine (C=N–C) groups is 1. The van der Waals surface area contributed by atoms with Gasteiger partial charge in [-0.2, -0.15) is 0 Å². The van der Waals surface area contributed by atoms with Crippen molar-refractivity contribution in [2.24, 2.45) is 4.99 Å². The summed E-state index contributed by atoms with van der Waals surface area (Å²) in [4.78, 5) is 12.9. The predicted octanol–water partition coefficient (Wildman–Crippen LogP) is 3.42. The van der Waals surface area contributed by atoms with Gasteiger partial charge in [-0.15, -0.1) is 46.7 Å². The molecule has 2 N–H and O–H groups in total. The molecule has 0 amide bonds. The van der Waals surface area contributed by atoms with Crippen molar-refractivity contribution in [1.82, 2.24) is 20.6 Å². The van der Waals surface area contributed by atoms with Crippen LogP contribution in [0.2, 0.25) is 0 Å². The molecule has 9 heteroatoms. The molecule has 0 saturated carbocycles. The molecule has 0 aromatic carbocycles. The van der Waals surface area contributed by atoms with Crippen LogP contribution >= 0.6 is 58.4 Å². The molecule has 2 aromatic rings. The van der Waals surface area contributed by atoms with Gasteiger partial charge in [-0.1, -0.05) is 11.8 Å². The number of halogens is 1. The molecule has 0 saturated heterocycles. The van der Waals surface area contributed by atoms with Crippen molar-refractivity contribution in [2.75, 3.05) is 25.9 Å². The first-order valence-corrected chi connectivity index (χ1v) is 9.90. The third-order valence-corrected chi connectivity index (χ3v) is 5.69. The lowest BCUT2D eigenvalue weighted by atomic mass is 10.3. The molecular weight excluding hydrogens is 461 g/mol. The number of nitrogens with one attached hydrogen (secondary N) is 2. The molecule has 2 heterocycles. The van der Waals surface area contributed by atoms with E-state index in [-0.39, 0.29) is 24.0 Å². The monoisotopic (exact) mass is 483 g/mol. The summed E-state index contributed by atoms with van der Waals surface area (Å²) < 4.78 is 1.14. The van der Waals surface area contributed by atoms with Crippen LogP contribution in [-0.4, -0.2) is 41.8 Å². The van der Waals surface area contributed by atoms with Gasteiger partial charge in [0.15, 0.2) is 5.96 Å². The molecule has 0 aliphatic rings. The van der Waals surface area contributed by atoms with Crippen LogP contribution in [0.4, 0.5) is 0 Å². The number of aromatic nitrogens is 2. The summed E-state index contributed by atoms with van der Waals surface area (Å²) in [6.45, 7) is 3.79. The number of hydrogen-bond donors (Lipinski definition) is 2. The summed E-state index contributed by atoms with van der Waals surface area (Å²) in [5.41, 5.74) is 1.14. The Hall–Kier alpha value is -0.390. The lowest BCUT2D eigenvalue weighted by Crippen LogP contribution is -2.38. The van der Waals surface area contributed by atoms with Crippen molar-refractivity contribution in [3.63, 3.8) is 0 Å². The standard InChI is InChI=1S/C14H21N5S3.HI/c1-11-19-12(10-22-11)4-6-17-13(15-2)16-5-3-8-20-14-18-7-9-21-14;/h7,9-10H,3-6,8H2,1-2H3,(H2,15,16,17);1H. The van der Waals surface area contributed by atoms with Gasteiger partial charge in [0.25, 0.3) is 0 Å². The van der Waals surface area contributed by atoms with Gasteiger partial charge in [-0.05, 0) is 13.3 Å². The molecule has 2 aromatic heterocycles.